The van der Waals surface area contributed by atoms with Crippen LogP contribution in [0.3, 0.4) is 0 Å². The number of benzene rings is 1. The van der Waals surface area contributed by atoms with Crippen molar-refractivity contribution < 1.29 is 17.9 Å². The molecule has 0 aromatic heterocycles. The van der Waals surface area contributed by atoms with E-state index >= 15 is 0 Å². The van der Waals surface area contributed by atoms with Crippen LogP contribution in [0.4, 0.5) is 13.2 Å². The van der Waals surface area contributed by atoms with Crippen LogP contribution < -0.4 is 4.74 Å². The minimum atomic E-state index is -4.47. The number of halogens is 3. The van der Waals surface area contributed by atoms with Gasteiger partial charge in [0.25, 0.3) is 0 Å². The monoisotopic (exact) mass is 343 g/mol. The van der Waals surface area contributed by atoms with Crippen LogP contribution in [0.25, 0.3) is 0 Å². The van der Waals surface area contributed by atoms with Crippen LogP contribution in [0.2, 0.25) is 0 Å². The fourth-order valence-electron chi connectivity index (χ4n) is 2.46. The van der Waals surface area contributed by atoms with Crippen LogP contribution in [0.15, 0.2) is 29.3 Å². The van der Waals surface area contributed by atoms with E-state index in [2.05, 4.69) is 4.99 Å². The number of ether oxygens (including phenoxy) is 1. The average Bonchev–Trinajstić information content (AvgIpc) is 2.53. The second kappa shape index (κ2) is 7.59. The molecular weight excluding hydrogens is 327 g/mol. The third-order valence-electron chi connectivity index (χ3n) is 3.48. The van der Waals surface area contributed by atoms with Gasteiger partial charge in [0.05, 0.1) is 5.56 Å². The second-order valence-electron chi connectivity index (χ2n) is 4.95. The van der Waals surface area contributed by atoms with E-state index in [0.29, 0.717) is 18.1 Å². The topological polar surface area (TPSA) is 48.6 Å². The lowest BCUT2D eigenvalue weighted by Gasteiger charge is -2.37. The zero-order valence-corrected chi connectivity index (χ0v) is 13.3. The molecule has 1 saturated heterocycles. The van der Waals surface area contributed by atoms with Gasteiger partial charge in [-0.15, -0.1) is 4.99 Å². The average molecular weight is 343 g/mol. The zero-order valence-electron chi connectivity index (χ0n) is 12.5. The lowest BCUT2D eigenvalue weighted by molar-refractivity contribution is -0.139. The van der Waals surface area contributed by atoms with Crippen molar-refractivity contribution >= 4 is 16.9 Å². The van der Waals surface area contributed by atoms with Crippen molar-refractivity contribution in [1.82, 2.24) is 4.90 Å². The van der Waals surface area contributed by atoms with E-state index in [1.807, 2.05) is 0 Å². The van der Waals surface area contributed by atoms with E-state index in [4.69, 9.17) is 10.00 Å². The van der Waals surface area contributed by atoms with Gasteiger partial charge in [0.15, 0.2) is 11.4 Å². The van der Waals surface area contributed by atoms with Crippen LogP contribution in [-0.4, -0.2) is 29.1 Å². The normalized spacial score (nSPS) is 19.3. The number of rotatable bonds is 2. The Bertz CT molecular complexity index is 613. The van der Waals surface area contributed by atoms with Gasteiger partial charge in [0, 0.05) is 13.0 Å². The van der Waals surface area contributed by atoms with Gasteiger partial charge >= 0.3 is 6.18 Å². The molecule has 0 amide bonds. The number of amidine groups is 1. The Morgan fingerprint density at radius 3 is 2.78 bits per heavy atom. The number of hydrogen-bond donors (Lipinski definition) is 0. The van der Waals surface area contributed by atoms with E-state index in [9.17, 15) is 13.2 Å². The van der Waals surface area contributed by atoms with Crippen LogP contribution in [0.1, 0.15) is 24.8 Å². The first-order valence-corrected chi connectivity index (χ1v) is 8.30. The Labute approximate surface area is 136 Å². The summed E-state index contributed by atoms with van der Waals surface area (Å²) < 4.78 is 44.9. The number of aliphatic imine (C=N–C) groups is 1. The fraction of sp³-hybridized carbons (Fsp3) is 0.467. The molecular formula is C15H16F3N3OS. The SMILES string of the molecule is CSC(=NC#N)N1CCCCC1Oc1ccccc1C(F)(F)F. The molecule has 2 rings (SSSR count). The van der Waals surface area contributed by atoms with Gasteiger partial charge in [-0.05, 0) is 31.2 Å². The minimum Gasteiger partial charge on any atom is -0.470 e. The van der Waals surface area contributed by atoms with Crippen molar-refractivity contribution in [1.29, 1.82) is 5.26 Å². The first-order valence-electron chi connectivity index (χ1n) is 7.07. The van der Waals surface area contributed by atoms with Gasteiger partial charge in [0.1, 0.15) is 5.75 Å². The molecule has 1 aliphatic heterocycles. The van der Waals surface area contributed by atoms with Crippen LogP contribution in [0.5, 0.6) is 5.75 Å². The standard InChI is InChI=1S/C15H16F3N3OS/c1-23-14(20-10-19)21-9-5-4-8-13(21)22-12-7-3-2-6-11(12)15(16,17)18/h2-3,6-7,13H,4-5,8-9H2,1H3. The smallest absolute Gasteiger partial charge is 0.419 e. The highest BCUT2D eigenvalue weighted by molar-refractivity contribution is 8.13. The van der Waals surface area contributed by atoms with Crippen molar-refractivity contribution in [3.8, 4) is 11.9 Å². The molecule has 1 aromatic carbocycles. The molecule has 0 spiro atoms. The molecule has 0 N–H and O–H groups in total. The maximum Gasteiger partial charge on any atom is 0.419 e. The Morgan fingerprint density at radius 2 is 2.13 bits per heavy atom. The minimum absolute atomic E-state index is 0.200. The van der Waals surface area contributed by atoms with E-state index in [-0.39, 0.29) is 5.75 Å². The first kappa shape index (κ1) is 17.5. The molecule has 0 bridgehead atoms. The second-order valence-corrected chi connectivity index (χ2v) is 5.73. The molecule has 23 heavy (non-hydrogen) atoms. The molecule has 1 aliphatic rings. The van der Waals surface area contributed by atoms with Crippen LogP contribution in [-0.2, 0) is 6.18 Å². The lowest BCUT2D eigenvalue weighted by atomic mass is 10.1. The summed E-state index contributed by atoms with van der Waals surface area (Å²) >= 11 is 1.28. The van der Waals surface area contributed by atoms with E-state index in [0.717, 1.165) is 18.9 Å². The fourth-order valence-corrected chi connectivity index (χ4v) is 3.04. The van der Waals surface area contributed by atoms with Gasteiger partial charge in [-0.25, -0.2) is 0 Å². The number of para-hydroxylation sites is 1. The molecule has 8 heteroatoms. The van der Waals surface area contributed by atoms with Crippen molar-refractivity contribution in [2.75, 3.05) is 12.8 Å². The zero-order chi connectivity index (χ0) is 16.9. The molecule has 1 heterocycles. The van der Waals surface area contributed by atoms with E-state index in [1.165, 1.54) is 30.0 Å². The third kappa shape index (κ3) is 4.32. The number of alkyl halides is 3. The van der Waals surface area contributed by atoms with E-state index < -0.39 is 18.0 Å². The number of nitriles is 1. The molecule has 1 unspecified atom stereocenters. The summed E-state index contributed by atoms with van der Waals surface area (Å²) in [6.45, 7) is 0.597. The Hall–Kier alpha value is -1.88. The Kier molecular flexibility index (Phi) is 5.77. The molecule has 1 fully saturated rings. The van der Waals surface area contributed by atoms with Crippen molar-refractivity contribution in [3.05, 3.63) is 29.8 Å². The predicted octanol–water partition coefficient (Wildman–Crippen LogP) is 4.10. The number of piperidine rings is 1. The molecule has 0 radical (unpaired) electrons. The number of hydrogen-bond acceptors (Lipinski definition) is 4. The van der Waals surface area contributed by atoms with Gasteiger partial charge < -0.3 is 9.64 Å². The van der Waals surface area contributed by atoms with Gasteiger partial charge in [-0.2, -0.15) is 18.4 Å². The maximum atomic E-state index is 13.1. The van der Waals surface area contributed by atoms with E-state index in [1.54, 1.807) is 17.3 Å². The molecule has 1 atom stereocenters. The summed E-state index contributed by atoms with van der Waals surface area (Å²) in [4.78, 5) is 5.49. The van der Waals surface area contributed by atoms with Crippen LogP contribution >= 0.6 is 11.8 Å². The third-order valence-corrected chi connectivity index (χ3v) is 4.17. The summed E-state index contributed by atoms with van der Waals surface area (Å²) in [5.74, 6) is -0.200. The van der Waals surface area contributed by atoms with Crippen molar-refractivity contribution in [3.63, 3.8) is 0 Å². The lowest BCUT2D eigenvalue weighted by Crippen LogP contribution is -2.46. The summed E-state index contributed by atoms with van der Waals surface area (Å²) in [6, 6.07) is 5.16. The van der Waals surface area contributed by atoms with Gasteiger partial charge in [-0.3, -0.25) is 0 Å². The predicted molar refractivity (Wildman–Crippen MR) is 83.0 cm³/mol. The highest BCUT2D eigenvalue weighted by Crippen LogP contribution is 2.37. The Balaban J connectivity index is 2.27. The highest BCUT2D eigenvalue weighted by Gasteiger charge is 2.36. The quantitative estimate of drug-likeness (QED) is 0.461. The maximum absolute atomic E-state index is 13.1. The molecule has 0 aliphatic carbocycles. The first-order chi connectivity index (χ1) is 11.0. The molecule has 4 nitrogen and oxygen atoms in total. The number of likely N-dealkylation sites (tertiary alicyclic amines) is 1. The van der Waals surface area contributed by atoms with Gasteiger partial charge in [-0.1, -0.05) is 23.9 Å². The largest absolute Gasteiger partial charge is 0.470 e. The summed E-state index contributed by atoms with van der Waals surface area (Å²) in [6.07, 6.45) is 0.771. The number of nitrogens with zero attached hydrogens (tertiary/aromatic N) is 3. The summed E-state index contributed by atoms with van der Waals surface area (Å²) in [5.41, 5.74) is -0.798. The highest BCUT2D eigenvalue weighted by atomic mass is 32.2. The van der Waals surface area contributed by atoms with Crippen molar-refractivity contribution in [2.24, 2.45) is 4.99 Å². The molecule has 1 aromatic rings. The molecule has 124 valence electrons. The van der Waals surface area contributed by atoms with Gasteiger partial charge in [0.2, 0.25) is 6.19 Å². The summed E-state index contributed by atoms with van der Waals surface area (Å²) in [5, 5.41) is 9.22. The van der Waals surface area contributed by atoms with Crippen LogP contribution in [0, 0.1) is 11.5 Å². The van der Waals surface area contributed by atoms with Crippen molar-refractivity contribution in [2.45, 2.75) is 31.7 Å². The molecule has 0 saturated carbocycles. The Morgan fingerprint density at radius 1 is 1.39 bits per heavy atom. The number of thioether (sulfide) groups is 1. The summed E-state index contributed by atoms with van der Waals surface area (Å²) in [7, 11) is 0.